The molecule has 2 rings (SSSR count). The molecule has 0 fully saturated rings. The fourth-order valence-corrected chi connectivity index (χ4v) is 2.01. The minimum atomic E-state index is -0.294. The molecule has 2 aromatic rings. The SMILES string of the molecule is COc1ccc(C)cc1NCc1cc(F)ccc1Cl. The molecular weight excluding hydrogens is 265 g/mol. The van der Waals surface area contributed by atoms with Crippen LogP contribution >= 0.6 is 11.6 Å². The van der Waals surface area contributed by atoms with Crippen LogP contribution in [0.4, 0.5) is 10.1 Å². The summed E-state index contributed by atoms with van der Waals surface area (Å²) >= 11 is 6.03. The number of halogens is 2. The van der Waals surface area contributed by atoms with Gasteiger partial charge < -0.3 is 10.1 Å². The number of rotatable bonds is 4. The highest BCUT2D eigenvalue weighted by Gasteiger charge is 2.05. The number of hydrogen-bond acceptors (Lipinski definition) is 2. The van der Waals surface area contributed by atoms with Gasteiger partial charge in [0, 0.05) is 11.6 Å². The second-order valence-corrected chi connectivity index (χ2v) is 4.70. The topological polar surface area (TPSA) is 21.3 Å². The molecule has 100 valence electrons. The van der Waals surface area contributed by atoms with Crippen molar-refractivity contribution < 1.29 is 9.13 Å². The van der Waals surface area contributed by atoms with Crippen molar-refractivity contribution in [3.05, 3.63) is 58.4 Å². The standard InChI is InChI=1S/C15H15ClFNO/c1-10-3-6-15(19-2)14(7-10)18-9-11-8-12(17)4-5-13(11)16/h3-8,18H,9H2,1-2H3. The molecule has 19 heavy (non-hydrogen) atoms. The lowest BCUT2D eigenvalue weighted by Crippen LogP contribution is -2.02. The summed E-state index contributed by atoms with van der Waals surface area (Å²) in [4.78, 5) is 0. The van der Waals surface area contributed by atoms with Gasteiger partial charge in [-0.25, -0.2) is 4.39 Å². The normalized spacial score (nSPS) is 10.3. The highest BCUT2D eigenvalue weighted by molar-refractivity contribution is 6.31. The van der Waals surface area contributed by atoms with Gasteiger partial charge in [0.25, 0.3) is 0 Å². The first kappa shape index (κ1) is 13.7. The molecule has 0 heterocycles. The quantitative estimate of drug-likeness (QED) is 0.895. The summed E-state index contributed by atoms with van der Waals surface area (Å²) in [5.41, 5.74) is 2.70. The average molecular weight is 280 g/mol. The molecule has 0 spiro atoms. The Morgan fingerprint density at radius 1 is 1.21 bits per heavy atom. The van der Waals surface area contributed by atoms with Crippen molar-refractivity contribution in [2.45, 2.75) is 13.5 Å². The lowest BCUT2D eigenvalue weighted by molar-refractivity contribution is 0.416. The Labute approximate surface area is 117 Å². The number of benzene rings is 2. The second kappa shape index (κ2) is 5.93. The van der Waals surface area contributed by atoms with Crippen molar-refractivity contribution in [2.24, 2.45) is 0 Å². The number of nitrogens with one attached hydrogen (secondary N) is 1. The van der Waals surface area contributed by atoms with Crippen molar-refractivity contribution in [3.8, 4) is 5.75 Å². The second-order valence-electron chi connectivity index (χ2n) is 4.29. The summed E-state index contributed by atoms with van der Waals surface area (Å²) in [6.07, 6.45) is 0. The fourth-order valence-electron chi connectivity index (χ4n) is 1.83. The Bertz CT molecular complexity index is 586. The monoisotopic (exact) mass is 279 g/mol. The molecule has 0 saturated carbocycles. The molecule has 0 radical (unpaired) electrons. The zero-order valence-corrected chi connectivity index (χ0v) is 11.6. The summed E-state index contributed by atoms with van der Waals surface area (Å²) in [6, 6.07) is 10.2. The van der Waals surface area contributed by atoms with Gasteiger partial charge in [-0.15, -0.1) is 0 Å². The van der Waals surface area contributed by atoms with Crippen molar-refractivity contribution in [3.63, 3.8) is 0 Å². The van der Waals surface area contributed by atoms with E-state index in [1.54, 1.807) is 13.2 Å². The maximum Gasteiger partial charge on any atom is 0.141 e. The minimum Gasteiger partial charge on any atom is -0.495 e. The molecule has 0 atom stereocenters. The maximum absolute atomic E-state index is 13.2. The number of hydrogen-bond donors (Lipinski definition) is 1. The zero-order valence-electron chi connectivity index (χ0n) is 10.8. The smallest absolute Gasteiger partial charge is 0.141 e. The fraction of sp³-hybridized carbons (Fsp3) is 0.200. The summed E-state index contributed by atoms with van der Waals surface area (Å²) in [5, 5.41) is 3.76. The first-order valence-corrected chi connectivity index (χ1v) is 6.30. The third kappa shape index (κ3) is 3.38. The van der Waals surface area contributed by atoms with Crippen LogP contribution in [0.5, 0.6) is 5.75 Å². The predicted molar refractivity (Wildman–Crippen MR) is 76.5 cm³/mol. The van der Waals surface area contributed by atoms with Crippen LogP contribution < -0.4 is 10.1 Å². The van der Waals surface area contributed by atoms with Gasteiger partial charge in [-0.3, -0.25) is 0 Å². The molecule has 0 aliphatic rings. The van der Waals surface area contributed by atoms with Crippen LogP contribution in [-0.4, -0.2) is 7.11 Å². The van der Waals surface area contributed by atoms with Crippen LogP contribution in [0.2, 0.25) is 5.02 Å². The summed E-state index contributed by atoms with van der Waals surface area (Å²) in [6.45, 7) is 2.44. The Morgan fingerprint density at radius 3 is 2.74 bits per heavy atom. The molecule has 0 unspecified atom stereocenters. The maximum atomic E-state index is 13.2. The van der Waals surface area contributed by atoms with E-state index in [9.17, 15) is 4.39 Å². The van der Waals surface area contributed by atoms with E-state index >= 15 is 0 Å². The van der Waals surface area contributed by atoms with Crippen molar-refractivity contribution in [2.75, 3.05) is 12.4 Å². The Balaban J connectivity index is 2.18. The van der Waals surface area contributed by atoms with Gasteiger partial charge in [0.1, 0.15) is 11.6 Å². The van der Waals surface area contributed by atoms with Gasteiger partial charge >= 0.3 is 0 Å². The Kier molecular flexibility index (Phi) is 4.27. The van der Waals surface area contributed by atoms with E-state index in [1.165, 1.54) is 12.1 Å². The van der Waals surface area contributed by atoms with E-state index in [0.29, 0.717) is 17.1 Å². The summed E-state index contributed by atoms with van der Waals surface area (Å²) in [5.74, 6) is 0.454. The van der Waals surface area contributed by atoms with Gasteiger partial charge in [-0.05, 0) is 48.4 Å². The number of anilines is 1. The number of methoxy groups -OCH3 is 1. The number of aryl methyl sites for hydroxylation is 1. The molecule has 1 N–H and O–H groups in total. The third-order valence-corrected chi connectivity index (χ3v) is 3.20. The van der Waals surface area contributed by atoms with Crippen LogP contribution in [0.25, 0.3) is 0 Å². The largest absolute Gasteiger partial charge is 0.495 e. The average Bonchev–Trinajstić information content (AvgIpc) is 2.40. The highest BCUT2D eigenvalue weighted by atomic mass is 35.5. The predicted octanol–water partition coefficient (Wildman–Crippen LogP) is 4.41. The van der Waals surface area contributed by atoms with Crippen molar-refractivity contribution >= 4 is 17.3 Å². The molecule has 4 heteroatoms. The third-order valence-electron chi connectivity index (χ3n) is 2.83. The van der Waals surface area contributed by atoms with Gasteiger partial charge in [-0.2, -0.15) is 0 Å². The first-order chi connectivity index (χ1) is 9.10. The lowest BCUT2D eigenvalue weighted by Gasteiger charge is -2.12. The highest BCUT2D eigenvalue weighted by Crippen LogP contribution is 2.26. The van der Waals surface area contributed by atoms with Gasteiger partial charge in [0.2, 0.25) is 0 Å². The molecule has 2 aromatic carbocycles. The van der Waals surface area contributed by atoms with Crippen molar-refractivity contribution in [1.29, 1.82) is 0 Å². The van der Waals surface area contributed by atoms with Gasteiger partial charge in [0.05, 0.1) is 12.8 Å². The van der Waals surface area contributed by atoms with Crippen LogP contribution in [-0.2, 0) is 6.54 Å². The van der Waals surface area contributed by atoms with Gasteiger partial charge in [0.15, 0.2) is 0 Å². The molecule has 0 amide bonds. The molecule has 2 nitrogen and oxygen atoms in total. The Morgan fingerprint density at radius 2 is 2.00 bits per heavy atom. The van der Waals surface area contributed by atoms with E-state index in [2.05, 4.69) is 5.32 Å². The van der Waals surface area contributed by atoms with E-state index in [-0.39, 0.29) is 5.82 Å². The van der Waals surface area contributed by atoms with E-state index in [4.69, 9.17) is 16.3 Å². The number of ether oxygens (including phenoxy) is 1. The minimum absolute atomic E-state index is 0.294. The van der Waals surface area contributed by atoms with Gasteiger partial charge in [-0.1, -0.05) is 17.7 Å². The molecule has 0 bridgehead atoms. The van der Waals surface area contributed by atoms with Crippen LogP contribution in [0.15, 0.2) is 36.4 Å². The molecule has 0 saturated heterocycles. The zero-order chi connectivity index (χ0) is 13.8. The molecule has 0 aromatic heterocycles. The molecular formula is C15H15ClFNO. The Hall–Kier alpha value is -1.74. The summed E-state index contributed by atoms with van der Waals surface area (Å²) < 4.78 is 18.4. The summed E-state index contributed by atoms with van der Waals surface area (Å²) in [7, 11) is 1.62. The molecule has 0 aliphatic carbocycles. The van der Waals surface area contributed by atoms with E-state index in [1.807, 2.05) is 25.1 Å². The van der Waals surface area contributed by atoms with Crippen molar-refractivity contribution in [1.82, 2.24) is 0 Å². The van der Waals surface area contributed by atoms with Crippen LogP contribution in [0.3, 0.4) is 0 Å². The lowest BCUT2D eigenvalue weighted by atomic mass is 10.2. The van der Waals surface area contributed by atoms with E-state index in [0.717, 1.165) is 17.0 Å². The van der Waals surface area contributed by atoms with Crippen LogP contribution in [0, 0.1) is 12.7 Å². The van der Waals surface area contributed by atoms with E-state index < -0.39 is 0 Å². The molecule has 0 aliphatic heterocycles. The first-order valence-electron chi connectivity index (χ1n) is 5.92. The van der Waals surface area contributed by atoms with Crippen LogP contribution in [0.1, 0.15) is 11.1 Å².